The van der Waals surface area contributed by atoms with Gasteiger partial charge in [0, 0.05) is 10.0 Å². The number of amides is 2. The molecular formula is C26H22Cl2N2O4. The minimum Gasteiger partial charge on any atom is -0.494 e. The zero-order valence-corrected chi connectivity index (χ0v) is 19.9. The lowest BCUT2D eigenvalue weighted by molar-refractivity contribution is -0.126. The summed E-state index contributed by atoms with van der Waals surface area (Å²) < 4.78 is 5.62. The second kappa shape index (κ2) is 9.29. The van der Waals surface area contributed by atoms with Gasteiger partial charge in [-0.15, -0.1) is 0 Å². The Labute approximate surface area is 207 Å². The second-order valence-electron chi connectivity index (χ2n) is 8.18. The highest BCUT2D eigenvalue weighted by Gasteiger charge is 2.60. The summed E-state index contributed by atoms with van der Waals surface area (Å²) in [7, 11) is 0. The summed E-state index contributed by atoms with van der Waals surface area (Å²) in [6.07, 6.45) is -0.0848. The van der Waals surface area contributed by atoms with E-state index < -0.39 is 24.0 Å². The number of imide groups is 1. The van der Waals surface area contributed by atoms with E-state index in [4.69, 9.17) is 32.8 Å². The first-order valence-corrected chi connectivity index (χ1v) is 11.8. The number of halogens is 2. The zero-order chi connectivity index (χ0) is 23.8. The molecule has 0 bridgehead atoms. The van der Waals surface area contributed by atoms with Gasteiger partial charge in [0.05, 0.1) is 24.0 Å². The van der Waals surface area contributed by atoms with Gasteiger partial charge in [0.2, 0.25) is 5.91 Å². The van der Waals surface area contributed by atoms with Gasteiger partial charge in [-0.25, -0.2) is 9.96 Å². The smallest absolute Gasteiger partial charge is 0.266 e. The first kappa shape index (κ1) is 22.7. The minimum atomic E-state index is -0.972. The highest BCUT2D eigenvalue weighted by Crippen LogP contribution is 2.49. The van der Waals surface area contributed by atoms with Crippen molar-refractivity contribution in [1.82, 2.24) is 0 Å². The number of ether oxygens (including phenoxy) is 1. The Morgan fingerprint density at radius 1 is 0.912 bits per heavy atom. The molecular weight excluding hydrogens is 475 g/mol. The third kappa shape index (κ3) is 3.92. The van der Waals surface area contributed by atoms with E-state index in [-0.39, 0.29) is 5.91 Å². The molecule has 0 N–H and O–H groups in total. The first-order valence-electron chi connectivity index (χ1n) is 11.1. The van der Waals surface area contributed by atoms with Crippen LogP contribution in [0.25, 0.3) is 0 Å². The van der Waals surface area contributed by atoms with Crippen LogP contribution in [-0.2, 0) is 14.4 Å². The molecule has 174 valence electrons. The number of carbonyl (C=O) groups excluding carboxylic acids is 2. The summed E-state index contributed by atoms with van der Waals surface area (Å²) in [5.41, 5.74) is 1.86. The van der Waals surface area contributed by atoms with E-state index in [0.29, 0.717) is 33.7 Å². The summed E-state index contributed by atoms with van der Waals surface area (Å²) in [4.78, 5) is 34.4. The van der Waals surface area contributed by atoms with Gasteiger partial charge >= 0.3 is 0 Å². The van der Waals surface area contributed by atoms with Crippen LogP contribution in [0.3, 0.4) is 0 Å². The Morgan fingerprint density at radius 3 is 2.32 bits per heavy atom. The van der Waals surface area contributed by atoms with Crippen LogP contribution in [0.2, 0.25) is 10.0 Å². The molecule has 3 atom stereocenters. The van der Waals surface area contributed by atoms with Crippen LogP contribution >= 0.6 is 23.2 Å². The van der Waals surface area contributed by atoms with Crippen molar-refractivity contribution in [3.63, 3.8) is 0 Å². The fraction of sp³-hybridized carbons (Fsp3) is 0.231. The monoisotopic (exact) mass is 496 g/mol. The van der Waals surface area contributed by atoms with Crippen molar-refractivity contribution in [3.05, 3.63) is 88.4 Å². The molecule has 2 aliphatic heterocycles. The first-order chi connectivity index (χ1) is 16.5. The highest BCUT2D eigenvalue weighted by atomic mass is 35.5. The van der Waals surface area contributed by atoms with Gasteiger partial charge in [-0.2, -0.15) is 0 Å². The maximum absolute atomic E-state index is 13.7. The van der Waals surface area contributed by atoms with Gasteiger partial charge in [0.1, 0.15) is 11.7 Å². The van der Waals surface area contributed by atoms with Crippen molar-refractivity contribution < 1.29 is 19.2 Å². The third-order valence-corrected chi connectivity index (χ3v) is 6.54. The van der Waals surface area contributed by atoms with Crippen molar-refractivity contribution in [3.8, 4) is 5.75 Å². The number of fused-ring (bicyclic) bond motifs is 1. The number of carbonyl (C=O) groups is 2. The van der Waals surface area contributed by atoms with Crippen LogP contribution in [-0.4, -0.2) is 24.5 Å². The number of benzene rings is 3. The van der Waals surface area contributed by atoms with E-state index >= 15 is 0 Å². The Bertz CT molecular complexity index is 1220. The van der Waals surface area contributed by atoms with Gasteiger partial charge < -0.3 is 4.74 Å². The zero-order valence-electron chi connectivity index (χ0n) is 18.4. The number of hydroxylamine groups is 1. The summed E-state index contributed by atoms with van der Waals surface area (Å²) >= 11 is 12.7. The maximum Gasteiger partial charge on any atom is 0.266 e. The van der Waals surface area contributed by atoms with Crippen molar-refractivity contribution in [2.24, 2.45) is 5.92 Å². The van der Waals surface area contributed by atoms with Gasteiger partial charge in [0.15, 0.2) is 6.10 Å². The molecule has 0 aliphatic carbocycles. The third-order valence-electron chi connectivity index (χ3n) is 5.98. The molecule has 2 saturated heterocycles. The van der Waals surface area contributed by atoms with Crippen molar-refractivity contribution >= 4 is 46.4 Å². The summed E-state index contributed by atoms with van der Waals surface area (Å²) in [5, 5.41) is 2.49. The number of nitrogens with zero attached hydrogens (tertiary/aromatic N) is 2. The van der Waals surface area contributed by atoms with Gasteiger partial charge in [0.25, 0.3) is 5.91 Å². The predicted octanol–water partition coefficient (Wildman–Crippen LogP) is 5.83. The Hall–Kier alpha value is -3.06. The fourth-order valence-corrected chi connectivity index (χ4v) is 4.96. The molecule has 34 heavy (non-hydrogen) atoms. The molecule has 0 aromatic heterocycles. The Balaban J connectivity index is 1.52. The molecule has 3 aromatic carbocycles. The highest BCUT2D eigenvalue weighted by molar-refractivity contribution is 6.35. The fourth-order valence-electron chi connectivity index (χ4n) is 4.44. The molecule has 0 unspecified atom stereocenters. The number of hydrogen-bond acceptors (Lipinski definition) is 5. The molecule has 6 nitrogen and oxygen atoms in total. The quantitative estimate of drug-likeness (QED) is 0.401. The number of rotatable bonds is 6. The SMILES string of the molecule is CCCOc1ccc(N2C(=O)[C@H]3[C@@H](c4ccc(Cl)cc4Cl)N(c4ccccc4)O[C@H]3C2=O)cc1. The minimum absolute atomic E-state index is 0.341. The predicted molar refractivity (Wildman–Crippen MR) is 131 cm³/mol. The van der Waals surface area contributed by atoms with E-state index in [2.05, 4.69) is 0 Å². The molecule has 3 aromatic rings. The van der Waals surface area contributed by atoms with E-state index in [1.165, 1.54) is 4.90 Å². The summed E-state index contributed by atoms with van der Waals surface area (Å²) in [6.45, 7) is 2.62. The lowest BCUT2D eigenvalue weighted by Crippen LogP contribution is -2.37. The van der Waals surface area contributed by atoms with E-state index in [1.54, 1.807) is 47.5 Å². The van der Waals surface area contributed by atoms with E-state index in [1.807, 2.05) is 37.3 Å². The lowest BCUT2D eigenvalue weighted by Gasteiger charge is -2.29. The molecule has 0 spiro atoms. The van der Waals surface area contributed by atoms with E-state index in [9.17, 15) is 9.59 Å². The average molecular weight is 497 g/mol. The molecule has 2 fully saturated rings. The number of anilines is 2. The molecule has 0 radical (unpaired) electrons. The van der Waals surface area contributed by atoms with Gasteiger partial charge in [-0.3, -0.25) is 14.4 Å². The molecule has 2 amide bonds. The number of para-hydroxylation sites is 1. The van der Waals surface area contributed by atoms with E-state index in [0.717, 1.165) is 12.1 Å². The molecule has 5 rings (SSSR count). The van der Waals surface area contributed by atoms with Gasteiger partial charge in [-0.1, -0.05) is 54.4 Å². The van der Waals surface area contributed by atoms with Crippen molar-refractivity contribution in [2.45, 2.75) is 25.5 Å². The number of hydrogen-bond donors (Lipinski definition) is 0. The Kier molecular flexibility index (Phi) is 6.21. The van der Waals surface area contributed by atoms with Crippen molar-refractivity contribution in [2.75, 3.05) is 16.6 Å². The summed E-state index contributed by atoms with van der Waals surface area (Å²) in [6, 6.07) is 20.8. The second-order valence-corrected chi connectivity index (χ2v) is 9.02. The standard InChI is InChI=1S/C26H22Cl2N2O4/c1-2-14-33-19-11-9-17(10-12-19)29-25(31)22-23(20-13-8-16(27)15-21(20)28)30(34-24(22)26(29)32)18-6-4-3-5-7-18/h3-13,15,22-24H,2,14H2,1H3/t22-,23+,24+/m0/s1. The van der Waals surface area contributed by atoms with Crippen molar-refractivity contribution in [1.29, 1.82) is 0 Å². The topological polar surface area (TPSA) is 59.1 Å². The molecule has 2 heterocycles. The largest absolute Gasteiger partial charge is 0.494 e. The van der Waals surface area contributed by atoms with Crippen LogP contribution in [0.15, 0.2) is 72.8 Å². The van der Waals surface area contributed by atoms with Crippen LogP contribution in [0.4, 0.5) is 11.4 Å². The molecule has 8 heteroatoms. The van der Waals surface area contributed by atoms with Crippen LogP contribution in [0.1, 0.15) is 24.9 Å². The average Bonchev–Trinajstić information content (AvgIpc) is 3.35. The summed E-state index contributed by atoms with van der Waals surface area (Å²) in [5.74, 6) is -0.845. The van der Waals surface area contributed by atoms with Gasteiger partial charge in [-0.05, 0) is 60.5 Å². The molecule has 2 aliphatic rings. The Morgan fingerprint density at radius 2 is 1.65 bits per heavy atom. The normalized spacial score (nSPS) is 21.8. The molecule has 0 saturated carbocycles. The maximum atomic E-state index is 13.7. The van der Waals surface area contributed by atoms with Crippen LogP contribution in [0.5, 0.6) is 5.75 Å². The van der Waals surface area contributed by atoms with Crippen LogP contribution < -0.4 is 14.7 Å². The lowest BCUT2D eigenvalue weighted by atomic mass is 9.90. The van der Waals surface area contributed by atoms with Crippen LogP contribution in [0, 0.1) is 5.92 Å².